The summed E-state index contributed by atoms with van der Waals surface area (Å²) in [6, 6.07) is 6.18. The molecule has 1 aliphatic rings. The van der Waals surface area contributed by atoms with Crippen LogP contribution in [-0.2, 0) is 6.54 Å². The molecule has 0 amide bonds. The van der Waals surface area contributed by atoms with Crippen molar-refractivity contribution in [2.45, 2.75) is 49.5 Å². The molecule has 1 fully saturated rings. The second kappa shape index (κ2) is 7.01. The monoisotopic (exact) mass is 356 g/mol. The van der Waals surface area contributed by atoms with Crippen molar-refractivity contribution in [1.82, 2.24) is 20.0 Å². The topological polar surface area (TPSA) is 68.2 Å². The lowest BCUT2D eigenvalue weighted by Crippen LogP contribution is -2.23. The molecule has 1 atom stereocenters. The molecule has 0 unspecified atom stereocenters. The summed E-state index contributed by atoms with van der Waals surface area (Å²) in [5, 5.41) is 5.62. The molecule has 4 rings (SSSR count). The van der Waals surface area contributed by atoms with Gasteiger partial charge in [-0.15, -0.1) is 0 Å². The highest BCUT2D eigenvalue weighted by atomic mass is 32.2. The highest BCUT2D eigenvalue weighted by Crippen LogP contribution is 2.37. The van der Waals surface area contributed by atoms with Gasteiger partial charge in [-0.1, -0.05) is 5.16 Å². The van der Waals surface area contributed by atoms with Crippen LogP contribution in [0.5, 0.6) is 0 Å². The second-order valence-corrected chi connectivity index (χ2v) is 7.19. The average Bonchev–Trinajstić information content (AvgIpc) is 3.31. The summed E-state index contributed by atoms with van der Waals surface area (Å²) in [6.07, 6.45) is 5.77. The molecule has 0 spiro atoms. The molecule has 7 heteroatoms. The minimum Gasteiger partial charge on any atom is -0.453 e. The van der Waals surface area contributed by atoms with E-state index in [0.29, 0.717) is 11.2 Å². The van der Waals surface area contributed by atoms with Crippen molar-refractivity contribution in [2.24, 2.45) is 0 Å². The fourth-order valence-corrected chi connectivity index (χ4v) is 4.13. The summed E-state index contributed by atoms with van der Waals surface area (Å²) in [5.74, 6) is 1.88. The maximum Gasteiger partial charge on any atom is 0.195 e. The Morgan fingerprint density at radius 2 is 2.08 bits per heavy atom. The van der Waals surface area contributed by atoms with Crippen LogP contribution in [0.15, 0.2) is 49.8 Å². The van der Waals surface area contributed by atoms with Gasteiger partial charge in [0.2, 0.25) is 0 Å². The minimum absolute atomic E-state index is 0.352. The Labute approximate surface area is 150 Å². The van der Waals surface area contributed by atoms with E-state index in [4.69, 9.17) is 8.94 Å². The van der Waals surface area contributed by atoms with E-state index >= 15 is 0 Å². The van der Waals surface area contributed by atoms with Crippen molar-refractivity contribution in [2.75, 3.05) is 6.54 Å². The molecule has 1 aliphatic heterocycles. The van der Waals surface area contributed by atoms with Crippen LogP contribution >= 0.6 is 11.8 Å². The number of likely N-dealkylation sites (tertiary alicyclic amines) is 1. The smallest absolute Gasteiger partial charge is 0.195 e. The van der Waals surface area contributed by atoms with Crippen molar-refractivity contribution < 1.29 is 8.94 Å². The molecule has 3 aromatic rings. The highest BCUT2D eigenvalue weighted by molar-refractivity contribution is 7.99. The molecular formula is C18H20N4O2S. The summed E-state index contributed by atoms with van der Waals surface area (Å²) in [6.45, 7) is 5.85. The predicted molar refractivity (Wildman–Crippen MR) is 93.2 cm³/mol. The number of nitrogens with zero attached hydrogens (tertiary/aromatic N) is 4. The van der Waals surface area contributed by atoms with Crippen LogP contribution in [0.25, 0.3) is 0 Å². The van der Waals surface area contributed by atoms with Gasteiger partial charge in [0.15, 0.2) is 10.2 Å². The molecule has 4 heterocycles. The lowest BCUT2D eigenvalue weighted by atomic mass is 10.0. The fraction of sp³-hybridized carbons (Fsp3) is 0.389. The third-order valence-electron chi connectivity index (χ3n) is 4.52. The van der Waals surface area contributed by atoms with E-state index in [0.717, 1.165) is 41.8 Å². The van der Waals surface area contributed by atoms with E-state index in [9.17, 15) is 0 Å². The van der Waals surface area contributed by atoms with Crippen molar-refractivity contribution in [3.63, 3.8) is 0 Å². The summed E-state index contributed by atoms with van der Waals surface area (Å²) >= 11 is 1.44. The van der Waals surface area contributed by atoms with Gasteiger partial charge in [-0.05, 0) is 63.2 Å². The molecule has 0 aliphatic carbocycles. The summed E-state index contributed by atoms with van der Waals surface area (Å²) in [5.41, 5.74) is 2.22. The quantitative estimate of drug-likeness (QED) is 0.636. The van der Waals surface area contributed by atoms with Crippen LogP contribution in [0.2, 0.25) is 0 Å². The van der Waals surface area contributed by atoms with Crippen LogP contribution in [0, 0.1) is 13.8 Å². The van der Waals surface area contributed by atoms with Crippen molar-refractivity contribution in [3.05, 3.63) is 53.4 Å². The maximum atomic E-state index is 5.98. The van der Waals surface area contributed by atoms with E-state index in [1.165, 1.54) is 23.7 Å². The van der Waals surface area contributed by atoms with Gasteiger partial charge in [0.1, 0.15) is 11.5 Å². The second-order valence-electron chi connectivity index (χ2n) is 6.22. The number of aryl methyl sites for hydroxylation is 2. The van der Waals surface area contributed by atoms with Gasteiger partial charge in [0.25, 0.3) is 0 Å². The van der Waals surface area contributed by atoms with Gasteiger partial charge in [-0.25, -0.2) is 9.97 Å². The van der Waals surface area contributed by atoms with E-state index in [-0.39, 0.29) is 0 Å². The van der Waals surface area contributed by atoms with Gasteiger partial charge < -0.3 is 8.94 Å². The molecule has 6 nitrogen and oxygen atoms in total. The number of aromatic nitrogens is 3. The third-order valence-corrected chi connectivity index (χ3v) is 5.33. The predicted octanol–water partition coefficient (Wildman–Crippen LogP) is 4.16. The molecule has 0 radical (unpaired) electrons. The van der Waals surface area contributed by atoms with Gasteiger partial charge in [-0.3, -0.25) is 4.90 Å². The fourth-order valence-electron chi connectivity index (χ4n) is 3.43. The van der Waals surface area contributed by atoms with Crippen LogP contribution in [0.3, 0.4) is 0 Å². The van der Waals surface area contributed by atoms with Gasteiger partial charge in [0, 0.05) is 24.0 Å². The van der Waals surface area contributed by atoms with Gasteiger partial charge in [0.05, 0.1) is 12.2 Å². The highest BCUT2D eigenvalue weighted by Gasteiger charge is 2.31. The first-order valence-corrected chi connectivity index (χ1v) is 9.23. The zero-order valence-corrected chi connectivity index (χ0v) is 15.1. The largest absolute Gasteiger partial charge is 0.453 e. The van der Waals surface area contributed by atoms with Crippen LogP contribution < -0.4 is 0 Å². The van der Waals surface area contributed by atoms with Gasteiger partial charge in [-0.2, -0.15) is 0 Å². The number of furan rings is 1. The molecule has 0 N–H and O–H groups in total. The summed E-state index contributed by atoms with van der Waals surface area (Å²) < 4.78 is 11.3. The van der Waals surface area contributed by atoms with Crippen molar-refractivity contribution in [3.8, 4) is 0 Å². The normalized spacial score (nSPS) is 18.1. The summed E-state index contributed by atoms with van der Waals surface area (Å²) in [4.78, 5) is 10.9. The Hall–Kier alpha value is -2.12. The Balaban J connectivity index is 1.47. The van der Waals surface area contributed by atoms with Crippen molar-refractivity contribution in [1.29, 1.82) is 0 Å². The van der Waals surface area contributed by atoms with E-state index in [1.807, 2.05) is 26.0 Å². The van der Waals surface area contributed by atoms with Crippen molar-refractivity contribution >= 4 is 11.8 Å². The standard InChI is InChI=1S/C18H20N4O2S/c1-12-17(13(2)24-21-12)15-5-3-10-22(15)11-14-6-7-16(23-14)25-18-19-8-4-9-20-18/h4,6-9,15H,3,5,10-11H2,1-2H3/t15-/m0/s1. The van der Waals surface area contributed by atoms with E-state index in [1.54, 1.807) is 18.5 Å². The zero-order valence-electron chi connectivity index (χ0n) is 14.3. The molecule has 130 valence electrons. The van der Waals surface area contributed by atoms with Crippen LogP contribution in [0.1, 0.15) is 41.7 Å². The van der Waals surface area contributed by atoms with E-state index < -0.39 is 0 Å². The van der Waals surface area contributed by atoms with Gasteiger partial charge >= 0.3 is 0 Å². The third kappa shape index (κ3) is 3.48. The average molecular weight is 356 g/mol. The number of hydrogen-bond acceptors (Lipinski definition) is 7. The first-order valence-electron chi connectivity index (χ1n) is 8.41. The summed E-state index contributed by atoms with van der Waals surface area (Å²) in [7, 11) is 0. The Morgan fingerprint density at radius 3 is 2.84 bits per heavy atom. The number of hydrogen-bond donors (Lipinski definition) is 0. The Morgan fingerprint density at radius 1 is 1.24 bits per heavy atom. The molecule has 1 saturated heterocycles. The Kier molecular flexibility index (Phi) is 4.59. The molecule has 3 aromatic heterocycles. The van der Waals surface area contributed by atoms with E-state index in [2.05, 4.69) is 20.0 Å². The first kappa shape index (κ1) is 16.4. The molecular weight excluding hydrogens is 336 g/mol. The molecule has 0 bridgehead atoms. The number of rotatable bonds is 5. The lowest BCUT2D eigenvalue weighted by Gasteiger charge is -2.23. The van der Waals surface area contributed by atoms with Crippen LogP contribution in [-0.4, -0.2) is 26.6 Å². The molecule has 0 saturated carbocycles. The SMILES string of the molecule is Cc1noc(C)c1[C@@H]1CCCN1Cc1ccc(Sc2ncccn2)o1. The first-order chi connectivity index (χ1) is 12.2. The molecule has 25 heavy (non-hydrogen) atoms. The van der Waals surface area contributed by atoms with Crippen LogP contribution in [0.4, 0.5) is 0 Å². The zero-order chi connectivity index (χ0) is 17.2. The molecule has 0 aromatic carbocycles. The lowest BCUT2D eigenvalue weighted by molar-refractivity contribution is 0.220. The maximum absolute atomic E-state index is 5.98. The minimum atomic E-state index is 0.352. The Bertz CT molecular complexity index is 826.